The van der Waals surface area contributed by atoms with E-state index in [4.69, 9.17) is 4.42 Å². The molecule has 1 aliphatic carbocycles. The van der Waals surface area contributed by atoms with E-state index in [0.29, 0.717) is 35.6 Å². The van der Waals surface area contributed by atoms with Crippen LogP contribution in [0.2, 0.25) is 0 Å². The number of para-hydroxylation sites is 1. The number of aliphatic hydroxyl groups excluding tert-OH is 1. The number of aromatic nitrogens is 1. The smallest absolute Gasteiger partial charge is 0.230 e. The molecule has 1 fully saturated rings. The molecule has 25 heavy (non-hydrogen) atoms. The van der Waals surface area contributed by atoms with Gasteiger partial charge in [0, 0.05) is 11.3 Å². The molecule has 0 spiro atoms. The molecule has 2 aromatic carbocycles. The van der Waals surface area contributed by atoms with Crippen LogP contribution < -0.4 is 5.32 Å². The van der Waals surface area contributed by atoms with Crippen LogP contribution in [0.3, 0.4) is 0 Å². The molecule has 4 rings (SSSR count). The second-order valence-corrected chi connectivity index (χ2v) is 6.76. The summed E-state index contributed by atoms with van der Waals surface area (Å²) in [5.41, 5.74) is 1.42. The van der Waals surface area contributed by atoms with Gasteiger partial charge in [-0.15, -0.1) is 0 Å². The van der Waals surface area contributed by atoms with Gasteiger partial charge in [0.2, 0.25) is 11.8 Å². The van der Waals surface area contributed by atoms with E-state index < -0.39 is 17.3 Å². The molecule has 0 aliphatic heterocycles. The molecular formula is C19H17FN2O3. The molecule has 0 unspecified atom stereocenters. The summed E-state index contributed by atoms with van der Waals surface area (Å²) in [6, 6.07) is 11.6. The first-order chi connectivity index (χ1) is 11.9. The lowest BCUT2D eigenvalue weighted by molar-refractivity contribution is -0.136. The van der Waals surface area contributed by atoms with Gasteiger partial charge in [0.1, 0.15) is 5.52 Å². The van der Waals surface area contributed by atoms with E-state index in [-0.39, 0.29) is 11.4 Å². The number of benzene rings is 2. The number of anilines is 1. The third-order valence-corrected chi connectivity index (χ3v) is 4.68. The predicted octanol–water partition coefficient (Wildman–Crippen LogP) is 3.73. The Hall–Kier alpha value is -2.73. The molecule has 1 aliphatic rings. The summed E-state index contributed by atoms with van der Waals surface area (Å²) in [5, 5.41) is 12.3. The third-order valence-electron chi connectivity index (χ3n) is 4.68. The van der Waals surface area contributed by atoms with Gasteiger partial charge in [-0.2, -0.15) is 0 Å². The zero-order chi connectivity index (χ0) is 17.6. The number of amides is 1. The van der Waals surface area contributed by atoms with Gasteiger partial charge in [-0.05, 0) is 49.2 Å². The fraction of sp³-hybridized carbons (Fsp3) is 0.263. The molecular weight excluding hydrogens is 323 g/mol. The number of halogens is 1. The van der Waals surface area contributed by atoms with Crippen molar-refractivity contribution in [3.63, 3.8) is 0 Å². The number of nitrogens with zero attached hydrogens (tertiary/aromatic N) is 1. The number of hydrogen-bond acceptors (Lipinski definition) is 4. The first-order valence-electron chi connectivity index (χ1n) is 8.10. The molecule has 1 heterocycles. The van der Waals surface area contributed by atoms with E-state index in [1.807, 2.05) is 6.92 Å². The van der Waals surface area contributed by atoms with Crippen molar-refractivity contribution in [2.24, 2.45) is 5.41 Å². The fourth-order valence-corrected chi connectivity index (χ4v) is 3.18. The molecule has 2 N–H and O–H groups in total. The standard InChI is InChI=1S/C19H17FN2O3/c1-19(9-13(23)10-19)18(24)21-12-7-5-11(6-8-12)17-22-16-14(20)3-2-4-15(16)25-17/h2-8,13,23H,9-10H2,1H3,(H,21,24). The molecule has 0 bridgehead atoms. The van der Waals surface area contributed by atoms with E-state index in [9.17, 15) is 14.3 Å². The maximum atomic E-state index is 13.7. The van der Waals surface area contributed by atoms with E-state index in [2.05, 4.69) is 10.3 Å². The monoisotopic (exact) mass is 340 g/mol. The average Bonchev–Trinajstić information content (AvgIpc) is 3.00. The Morgan fingerprint density at radius 1 is 1.28 bits per heavy atom. The quantitative estimate of drug-likeness (QED) is 0.762. The number of oxazole rings is 1. The summed E-state index contributed by atoms with van der Waals surface area (Å²) in [4.78, 5) is 16.5. The van der Waals surface area contributed by atoms with Gasteiger partial charge in [0.15, 0.2) is 11.4 Å². The zero-order valence-electron chi connectivity index (χ0n) is 13.6. The molecule has 1 saturated carbocycles. The van der Waals surface area contributed by atoms with Crippen molar-refractivity contribution in [1.82, 2.24) is 4.98 Å². The number of hydrogen-bond donors (Lipinski definition) is 2. The van der Waals surface area contributed by atoms with Crippen LogP contribution >= 0.6 is 0 Å². The second kappa shape index (κ2) is 5.67. The summed E-state index contributed by atoms with van der Waals surface area (Å²) < 4.78 is 19.3. The molecule has 128 valence electrons. The van der Waals surface area contributed by atoms with Gasteiger partial charge in [0.25, 0.3) is 0 Å². The summed E-state index contributed by atoms with van der Waals surface area (Å²) in [5.74, 6) is -0.200. The predicted molar refractivity (Wildman–Crippen MR) is 91.4 cm³/mol. The highest BCUT2D eigenvalue weighted by molar-refractivity contribution is 5.96. The lowest BCUT2D eigenvalue weighted by Crippen LogP contribution is -2.47. The Bertz CT molecular complexity index is 943. The molecule has 0 atom stereocenters. The maximum Gasteiger partial charge on any atom is 0.230 e. The van der Waals surface area contributed by atoms with E-state index in [1.54, 1.807) is 36.4 Å². The number of carbonyl (C=O) groups is 1. The minimum absolute atomic E-state index is 0.102. The van der Waals surface area contributed by atoms with Gasteiger partial charge in [-0.25, -0.2) is 9.37 Å². The second-order valence-electron chi connectivity index (χ2n) is 6.76. The average molecular weight is 340 g/mol. The number of rotatable bonds is 3. The Morgan fingerprint density at radius 3 is 2.64 bits per heavy atom. The minimum Gasteiger partial charge on any atom is -0.436 e. The van der Waals surface area contributed by atoms with Crippen LogP contribution in [0.5, 0.6) is 0 Å². The van der Waals surface area contributed by atoms with Gasteiger partial charge in [0.05, 0.1) is 11.5 Å². The molecule has 3 aromatic rings. The molecule has 6 heteroatoms. The van der Waals surface area contributed by atoms with Crippen molar-refractivity contribution in [3.05, 3.63) is 48.3 Å². The highest BCUT2D eigenvalue weighted by Crippen LogP contribution is 2.41. The van der Waals surface area contributed by atoms with Crippen LogP contribution in [0.1, 0.15) is 19.8 Å². The normalized spacial score (nSPS) is 22.6. The third kappa shape index (κ3) is 2.78. The van der Waals surface area contributed by atoms with Crippen LogP contribution in [0.4, 0.5) is 10.1 Å². The summed E-state index contributed by atoms with van der Waals surface area (Å²) in [6.07, 6.45) is 0.564. The largest absolute Gasteiger partial charge is 0.436 e. The van der Waals surface area contributed by atoms with Gasteiger partial charge in [-0.1, -0.05) is 13.0 Å². The van der Waals surface area contributed by atoms with Crippen LogP contribution in [-0.4, -0.2) is 22.1 Å². The van der Waals surface area contributed by atoms with E-state index >= 15 is 0 Å². The molecule has 0 radical (unpaired) electrons. The van der Waals surface area contributed by atoms with Crippen LogP contribution in [0.15, 0.2) is 46.9 Å². The SMILES string of the molecule is CC1(C(=O)Nc2ccc(-c3nc4c(F)cccc4o3)cc2)CC(O)C1. The topological polar surface area (TPSA) is 75.4 Å². The maximum absolute atomic E-state index is 13.7. The lowest BCUT2D eigenvalue weighted by atomic mass is 9.67. The van der Waals surface area contributed by atoms with Crippen molar-refractivity contribution < 1.29 is 18.7 Å². The van der Waals surface area contributed by atoms with E-state index in [1.165, 1.54) is 6.07 Å². The molecule has 5 nitrogen and oxygen atoms in total. The van der Waals surface area contributed by atoms with Gasteiger partial charge < -0.3 is 14.8 Å². The van der Waals surface area contributed by atoms with Crippen LogP contribution in [0, 0.1) is 11.2 Å². The van der Waals surface area contributed by atoms with E-state index in [0.717, 1.165) is 0 Å². The number of carbonyl (C=O) groups excluding carboxylic acids is 1. The van der Waals surface area contributed by atoms with Crippen molar-refractivity contribution in [2.75, 3.05) is 5.32 Å². The fourth-order valence-electron chi connectivity index (χ4n) is 3.18. The Labute approximate surface area is 143 Å². The Morgan fingerprint density at radius 2 is 2.00 bits per heavy atom. The molecule has 1 aromatic heterocycles. The van der Waals surface area contributed by atoms with Gasteiger partial charge in [-0.3, -0.25) is 4.79 Å². The Kier molecular flexibility index (Phi) is 3.58. The minimum atomic E-state index is -0.518. The van der Waals surface area contributed by atoms with Crippen molar-refractivity contribution in [3.8, 4) is 11.5 Å². The first-order valence-corrected chi connectivity index (χ1v) is 8.10. The Balaban J connectivity index is 1.53. The zero-order valence-corrected chi connectivity index (χ0v) is 13.6. The number of fused-ring (bicyclic) bond motifs is 1. The van der Waals surface area contributed by atoms with Crippen molar-refractivity contribution in [2.45, 2.75) is 25.9 Å². The summed E-state index contributed by atoms with van der Waals surface area (Å²) in [6.45, 7) is 1.84. The summed E-state index contributed by atoms with van der Waals surface area (Å²) >= 11 is 0. The van der Waals surface area contributed by atoms with Crippen LogP contribution in [-0.2, 0) is 4.79 Å². The first kappa shape index (κ1) is 15.8. The van der Waals surface area contributed by atoms with Crippen molar-refractivity contribution >= 4 is 22.7 Å². The number of nitrogens with one attached hydrogen (secondary N) is 1. The van der Waals surface area contributed by atoms with Crippen LogP contribution in [0.25, 0.3) is 22.6 Å². The van der Waals surface area contributed by atoms with Gasteiger partial charge >= 0.3 is 0 Å². The van der Waals surface area contributed by atoms with Crippen molar-refractivity contribution in [1.29, 1.82) is 0 Å². The summed E-state index contributed by atoms with van der Waals surface area (Å²) in [7, 11) is 0. The molecule has 1 amide bonds. The number of aliphatic hydroxyl groups is 1. The highest BCUT2D eigenvalue weighted by Gasteiger charge is 2.45. The highest BCUT2D eigenvalue weighted by atomic mass is 19.1. The molecule has 0 saturated heterocycles. The lowest BCUT2D eigenvalue weighted by Gasteiger charge is -2.40.